The Morgan fingerprint density at radius 1 is 0.621 bits per heavy atom. The Balaban J connectivity index is 1.11. The zero-order valence-electron chi connectivity index (χ0n) is 40.6. The van der Waals surface area contributed by atoms with Gasteiger partial charge in [-0.2, -0.15) is 0 Å². The maximum absolute atomic E-state index is 11.5. The molecule has 1 saturated carbocycles. The lowest BCUT2D eigenvalue weighted by Crippen LogP contribution is -2.17. The average Bonchev–Trinajstić information content (AvgIpc) is 4.01. The van der Waals surface area contributed by atoms with Crippen LogP contribution in [0.5, 0.6) is 5.75 Å². The van der Waals surface area contributed by atoms with Crippen molar-refractivity contribution in [3.05, 3.63) is 156 Å². The third-order valence-corrected chi connectivity index (χ3v) is 13.9. The fourth-order valence-corrected chi connectivity index (χ4v) is 11.0. The molecule has 0 bridgehead atoms. The van der Waals surface area contributed by atoms with Crippen LogP contribution in [0.4, 0.5) is 0 Å². The van der Waals surface area contributed by atoms with Crippen LogP contribution in [0, 0.1) is 5.41 Å². The van der Waals surface area contributed by atoms with Crippen molar-refractivity contribution in [3.63, 3.8) is 0 Å². The van der Waals surface area contributed by atoms with Crippen LogP contribution in [0.2, 0.25) is 0 Å². The molecule has 1 N–H and O–H groups in total. The Hall–Kier alpha value is -7.05. The molecule has 6 heteroatoms. The summed E-state index contributed by atoms with van der Waals surface area (Å²) in [5, 5.41) is 18.4. The molecule has 0 unspecified atom stereocenters. The number of aromatic nitrogens is 5. The number of hydrogen-bond donors (Lipinski definition) is 1. The van der Waals surface area contributed by atoms with Crippen LogP contribution in [-0.2, 0) is 11.8 Å². The van der Waals surface area contributed by atoms with E-state index in [1.807, 2.05) is 69.4 Å². The van der Waals surface area contributed by atoms with Crippen molar-refractivity contribution in [2.45, 2.75) is 91.4 Å². The first-order valence-electron chi connectivity index (χ1n) is 24.6. The fraction of sp³-hybridized carbons (Fsp3) is 0.250. The monoisotopic (exact) mass is 863 g/mol. The molecular formula is C60H55N5O. The second kappa shape index (κ2) is 15.0. The van der Waals surface area contributed by atoms with E-state index < -0.39 is 11.8 Å². The van der Waals surface area contributed by atoms with Crippen LogP contribution < -0.4 is 0 Å². The maximum Gasteiger partial charge on any atom is 0.149 e. The Morgan fingerprint density at radius 3 is 2.11 bits per heavy atom. The van der Waals surface area contributed by atoms with Crippen molar-refractivity contribution in [1.82, 2.24) is 23.9 Å². The molecule has 6 nitrogen and oxygen atoms in total. The van der Waals surface area contributed by atoms with Crippen LogP contribution in [-0.4, -0.2) is 29.0 Å². The maximum atomic E-state index is 11.5. The van der Waals surface area contributed by atoms with E-state index in [0.29, 0.717) is 45.5 Å². The number of hydrogen-bond acceptors (Lipinski definition) is 4. The van der Waals surface area contributed by atoms with Gasteiger partial charge in [0.1, 0.15) is 11.6 Å². The average molecular weight is 864 g/mol. The number of pyridine rings is 2. The molecule has 1 aliphatic carbocycles. The molecule has 0 amide bonds. The van der Waals surface area contributed by atoms with Gasteiger partial charge < -0.3 is 9.51 Å². The lowest BCUT2D eigenvalue weighted by atomic mass is 9.79. The van der Waals surface area contributed by atoms with E-state index in [9.17, 15) is 7.85 Å². The molecule has 0 saturated heterocycles. The molecule has 66 heavy (non-hydrogen) atoms. The van der Waals surface area contributed by atoms with Gasteiger partial charge in [-0.15, -0.1) is 0 Å². The topological polar surface area (TPSA) is 68.2 Å². The Kier molecular flexibility index (Phi) is 8.69. The largest absolute Gasteiger partial charge is 0.507 e. The van der Waals surface area contributed by atoms with Gasteiger partial charge in [0.05, 0.1) is 55.9 Å². The van der Waals surface area contributed by atoms with E-state index in [1.54, 1.807) is 6.07 Å². The Labute approximate surface area is 388 Å². The van der Waals surface area contributed by atoms with Crippen molar-refractivity contribution in [2.75, 3.05) is 0 Å². The molecule has 12 rings (SSSR count). The van der Waals surface area contributed by atoms with Crippen molar-refractivity contribution >= 4 is 59.9 Å². The van der Waals surface area contributed by atoms with Gasteiger partial charge in [0.2, 0.25) is 0 Å². The number of rotatable bonds is 6. The molecule has 0 atom stereocenters. The number of nitrogens with zero attached hydrogens (tertiary/aromatic N) is 5. The Bertz CT molecular complexity index is 3800. The van der Waals surface area contributed by atoms with Crippen molar-refractivity contribution in [1.29, 1.82) is 0 Å². The molecule has 5 aromatic heterocycles. The van der Waals surface area contributed by atoms with Crippen LogP contribution in [0.1, 0.15) is 99.0 Å². The van der Waals surface area contributed by atoms with E-state index in [0.717, 1.165) is 38.6 Å². The third kappa shape index (κ3) is 6.55. The molecule has 11 aromatic rings. The highest BCUT2D eigenvalue weighted by Crippen LogP contribution is 2.44. The summed E-state index contributed by atoms with van der Waals surface area (Å²) in [6.07, 6.45) is 6.44. The van der Waals surface area contributed by atoms with E-state index in [4.69, 9.17) is 15.0 Å². The first-order chi connectivity index (χ1) is 32.7. The summed E-state index contributed by atoms with van der Waals surface area (Å²) in [5.74, 6) is 1.32. The lowest BCUT2D eigenvalue weighted by molar-refractivity contribution is 0.411. The number of phenols is 1. The summed E-state index contributed by atoms with van der Waals surface area (Å²) in [6, 6.07) is 46.1. The van der Waals surface area contributed by atoms with Gasteiger partial charge >= 0.3 is 0 Å². The number of imidazole rings is 1. The SMILES string of the molecule is [2H]C([2H])(c1cc(-c2cc3c(ccc4c5cccc6c7ccccc7n(c34)c65)cn2)nc(-c2cccc3c2nc(-c2ccccc2O)n3-c2ccc(C3CCCCC3)cc2C(C)(C)C)c1)C(C)(C)C. The fourth-order valence-electron chi connectivity index (χ4n) is 11.0. The normalized spacial score (nSPS) is 14.9. The highest BCUT2D eigenvalue weighted by molar-refractivity contribution is 6.27. The standard InChI is InChI=1S/C60H55N5O/c1-59(2,3)34-36-30-48(62-50(31-36)49-33-46-39(35-61-49)26-28-43-42-21-14-20-41-40-18-10-12-23-51(40)65(56(41)42)57(43)46)44-22-15-24-53-55(44)63-58(45-19-11-13-25-54(45)66)64(53)52-29-27-38(32-47(52)60(4,5)6)37-16-8-7-9-17-37/h10-15,18-33,35,37,66H,7-9,16-17,34H2,1-6H3/i34D2. The molecule has 1 fully saturated rings. The Morgan fingerprint density at radius 2 is 1.30 bits per heavy atom. The summed E-state index contributed by atoms with van der Waals surface area (Å²) in [7, 11) is 0. The van der Waals surface area contributed by atoms with E-state index in [2.05, 4.69) is 115 Å². The number of aromatic hydroxyl groups is 1. The third-order valence-electron chi connectivity index (χ3n) is 13.9. The van der Waals surface area contributed by atoms with Crippen LogP contribution in [0.25, 0.3) is 99.6 Å². The minimum absolute atomic E-state index is 0.146. The number of para-hydroxylation sites is 4. The zero-order chi connectivity index (χ0) is 46.9. The molecule has 326 valence electrons. The molecule has 1 aliphatic rings. The smallest absolute Gasteiger partial charge is 0.149 e. The highest BCUT2D eigenvalue weighted by Gasteiger charge is 2.28. The van der Waals surface area contributed by atoms with E-state index in [1.165, 1.54) is 70.3 Å². The molecule has 0 spiro atoms. The van der Waals surface area contributed by atoms with Crippen LogP contribution in [0.15, 0.2) is 140 Å². The van der Waals surface area contributed by atoms with Crippen molar-refractivity contribution in [3.8, 4) is 45.5 Å². The quantitative estimate of drug-likeness (QED) is 0.181. The van der Waals surface area contributed by atoms with Gasteiger partial charge in [-0.25, -0.2) is 9.97 Å². The molecule has 0 aliphatic heterocycles. The lowest BCUT2D eigenvalue weighted by Gasteiger charge is -2.28. The summed E-state index contributed by atoms with van der Waals surface area (Å²) in [5.41, 5.74) is 11.5. The number of phenolic OH excluding ortho intramolecular Hbond substituents is 1. The van der Waals surface area contributed by atoms with Gasteiger partial charge in [-0.05, 0) is 101 Å². The highest BCUT2D eigenvalue weighted by atomic mass is 16.3. The van der Waals surface area contributed by atoms with E-state index in [-0.39, 0.29) is 11.2 Å². The van der Waals surface area contributed by atoms with Crippen LogP contribution in [0.3, 0.4) is 0 Å². The summed E-state index contributed by atoms with van der Waals surface area (Å²) < 4.78 is 23.9. The molecule has 5 heterocycles. The number of benzene rings is 6. The van der Waals surface area contributed by atoms with Gasteiger partial charge in [-0.3, -0.25) is 9.55 Å². The summed E-state index contributed by atoms with van der Waals surface area (Å²) in [6.45, 7) is 12.6. The van der Waals surface area contributed by atoms with Gasteiger partial charge in [0.25, 0.3) is 0 Å². The minimum atomic E-state index is -1.75. The van der Waals surface area contributed by atoms with Gasteiger partial charge in [0, 0.05) is 46.8 Å². The summed E-state index contributed by atoms with van der Waals surface area (Å²) in [4.78, 5) is 16.0. The van der Waals surface area contributed by atoms with Crippen molar-refractivity contribution in [2.24, 2.45) is 5.41 Å². The van der Waals surface area contributed by atoms with Crippen molar-refractivity contribution < 1.29 is 7.85 Å². The molecule has 0 radical (unpaired) electrons. The number of fused-ring (bicyclic) bond motifs is 9. The first-order valence-corrected chi connectivity index (χ1v) is 23.6. The molecule has 6 aromatic carbocycles. The summed E-state index contributed by atoms with van der Waals surface area (Å²) >= 11 is 0. The predicted octanol–water partition coefficient (Wildman–Crippen LogP) is 15.8. The zero-order valence-corrected chi connectivity index (χ0v) is 38.6. The second-order valence-electron chi connectivity index (χ2n) is 20.6. The minimum Gasteiger partial charge on any atom is -0.507 e. The van der Waals surface area contributed by atoms with Gasteiger partial charge in [-0.1, -0.05) is 146 Å². The van der Waals surface area contributed by atoms with Gasteiger partial charge in [0.15, 0.2) is 0 Å². The second-order valence-corrected chi connectivity index (χ2v) is 20.6. The van der Waals surface area contributed by atoms with Crippen LogP contribution >= 0.6 is 0 Å². The predicted molar refractivity (Wildman–Crippen MR) is 274 cm³/mol. The molecular weight excluding hydrogens is 807 g/mol. The van der Waals surface area contributed by atoms with E-state index >= 15 is 0 Å². The first kappa shape index (κ1) is 38.2.